The van der Waals surface area contributed by atoms with Gasteiger partial charge in [0.1, 0.15) is 5.69 Å². The van der Waals surface area contributed by atoms with Gasteiger partial charge >= 0.3 is 0 Å². The first-order valence-corrected chi connectivity index (χ1v) is 3.50. The SMILES string of the molecule is NC(=O)c1nc(C(F)F)cc(N)c1O. The number of alkyl halides is 2. The van der Waals surface area contributed by atoms with Crippen molar-refractivity contribution in [1.82, 2.24) is 4.98 Å². The summed E-state index contributed by atoms with van der Waals surface area (Å²) in [6.45, 7) is 0. The molecule has 0 spiro atoms. The Balaban J connectivity index is 3.35. The van der Waals surface area contributed by atoms with E-state index in [1.807, 2.05) is 0 Å². The number of hydrogen-bond donors (Lipinski definition) is 3. The molecule has 0 radical (unpaired) electrons. The zero-order valence-electron chi connectivity index (χ0n) is 6.87. The summed E-state index contributed by atoms with van der Waals surface area (Å²) in [6, 6.07) is 0.784. The smallest absolute Gasteiger partial charge is 0.280 e. The molecule has 0 aromatic carbocycles. The number of primary amides is 1. The molecule has 76 valence electrons. The van der Waals surface area contributed by atoms with Crippen LogP contribution in [0.25, 0.3) is 0 Å². The molecule has 14 heavy (non-hydrogen) atoms. The van der Waals surface area contributed by atoms with E-state index < -0.39 is 29.5 Å². The summed E-state index contributed by atoms with van der Waals surface area (Å²) in [6.07, 6.45) is -2.88. The number of nitrogens with two attached hydrogens (primary N) is 2. The zero-order valence-corrected chi connectivity index (χ0v) is 6.87. The number of halogens is 2. The number of pyridine rings is 1. The number of aromatic nitrogens is 1. The maximum Gasteiger partial charge on any atom is 0.280 e. The van der Waals surface area contributed by atoms with E-state index in [1.54, 1.807) is 0 Å². The van der Waals surface area contributed by atoms with Crippen molar-refractivity contribution in [2.75, 3.05) is 5.73 Å². The second-order valence-electron chi connectivity index (χ2n) is 2.50. The first-order chi connectivity index (χ1) is 6.43. The molecule has 0 fully saturated rings. The Kier molecular flexibility index (Phi) is 2.50. The van der Waals surface area contributed by atoms with Gasteiger partial charge in [-0.25, -0.2) is 13.8 Å². The lowest BCUT2D eigenvalue weighted by Gasteiger charge is -2.06. The molecule has 5 nitrogen and oxygen atoms in total. The van der Waals surface area contributed by atoms with Gasteiger partial charge in [0.25, 0.3) is 12.3 Å². The van der Waals surface area contributed by atoms with Crippen molar-refractivity contribution < 1.29 is 18.7 Å². The van der Waals surface area contributed by atoms with E-state index in [2.05, 4.69) is 4.98 Å². The Morgan fingerprint density at radius 2 is 2.14 bits per heavy atom. The molecule has 1 heterocycles. The van der Waals surface area contributed by atoms with E-state index in [1.165, 1.54) is 0 Å². The molecule has 0 aliphatic rings. The van der Waals surface area contributed by atoms with Gasteiger partial charge in [0.05, 0.1) is 5.69 Å². The molecular weight excluding hydrogens is 196 g/mol. The summed E-state index contributed by atoms with van der Waals surface area (Å²) in [5.74, 6) is -1.79. The van der Waals surface area contributed by atoms with Gasteiger partial charge in [-0.3, -0.25) is 4.79 Å². The molecular formula is C7H7F2N3O2. The predicted octanol–water partition coefficient (Wildman–Crippen LogP) is 0.406. The second-order valence-corrected chi connectivity index (χ2v) is 2.50. The number of amides is 1. The van der Waals surface area contributed by atoms with Crippen LogP contribution in [0.5, 0.6) is 5.75 Å². The van der Waals surface area contributed by atoms with Crippen LogP contribution in [0.4, 0.5) is 14.5 Å². The molecule has 0 aliphatic heterocycles. The summed E-state index contributed by atoms with van der Waals surface area (Å²) in [7, 11) is 0. The van der Waals surface area contributed by atoms with Crippen LogP contribution in [0, 0.1) is 0 Å². The van der Waals surface area contributed by atoms with Crippen molar-refractivity contribution in [3.8, 4) is 5.75 Å². The van der Waals surface area contributed by atoms with Crippen LogP contribution in [0.2, 0.25) is 0 Å². The monoisotopic (exact) mass is 203 g/mol. The molecule has 0 bridgehead atoms. The third kappa shape index (κ3) is 1.70. The number of carbonyl (C=O) groups is 1. The summed E-state index contributed by atoms with van der Waals surface area (Å²) in [5.41, 5.74) is 8.25. The van der Waals surface area contributed by atoms with Crippen molar-refractivity contribution in [2.45, 2.75) is 6.43 Å². The fraction of sp³-hybridized carbons (Fsp3) is 0.143. The third-order valence-electron chi connectivity index (χ3n) is 1.50. The summed E-state index contributed by atoms with van der Waals surface area (Å²) in [4.78, 5) is 13.8. The second kappa shape index (κ2) is 3.44. The van der Waals surface area contributed by atoms with Crippen LogP contribution < -0.4 is 11.5 Å². The van der Waals surface area contributed by atoms with E-state index in [0.29, 0.717) is 0 Å². The molecule has 0 unspecified atom stereocenters. The van der Waals surface area contributed by atoms with Gasteiger partial charge in [0.2, 0.25) is 0 Å². The lowest BCUT2D eigenvalue weighted by molar-refractivity contribution is 0.0990. The van der Waals surface area contributed by atoms with Crippen molar-refractivity contribution in [2.24, 2.45) is 5.73 Å². The Morgan fingerprint density at radius 1 is 1.57 bits per heavy atom. The molecule has 5 N–H and O–H groups in total. The van der Waals surface area contributed by atoms with E-state index in [4.69, 9.17) is 16.6 Å². The standard InChI is InChI=1S/C7H7F2N3O2/c8-6(9)3-1-2(10)5(13)4(12-3)7(11)14/h1,6,13H,(H2,10,12)(H2,11,14). The number of carbonyl (C=O) groups excluding carboxylic acids is 1. The van der Waals surface area contributed by atoms with Gasteiger partial charge < -0.3 is 16.6 Å². The number of nitrogens with zero attached hydrogens (tertiary/aromatic N) is 1. The quantitative estimate of drug-likeness (QED) is 0.647. The van der Waals surface area contributed by atoms with E-state index >= 15 is 0 Å². The van der Waals surface area contributed by atoms with E-state index in [0.717, 1.165) is 6.07 Å². The van der Waals surface area contributed by atoms with Gasteiger partial charge in [-0.1, -0.05) is 0 Å². The van der Waals surface area contributed by atoms with Crippen molar-refractivity contribution in [3.05, 3.63) is 17.5 Å². The highest BCUT2D eigenvalue weighted by Gasteiger charge is 2.18. The van der Waals surface area contributed by atoms with Gasteiger partial charge in [-0.05, 0) is 6.07 Å². The van der Waals surface area contributed by atoms with Crippen LogP contribution in [-0.2, 0) is 0 Å². The van der Waals surface area contributed by atoms with Crippen LogP contribution in [0.3, 0.4) is 0 Å². The first-order valence-electron chi connectivity index (χ1n) is 3.50. The Labute approximate surface area is 77.3 Å². The molecule has 1 aromatic heterocycles. The maximum atomic E-state index is 12.2. The minimum Gasteiger partial charge on any atom is -0.504 e. The highest BCUT2D eigenvalue weighted by Crippen LogP contribution is 2.27. The minimum absolute atomic E-state index is 0.357. The highest BCUT2D eigenvalue weighted by atomic mass is 19.3. The van der Waals surface area contributed by atoms with Gasteiger partial charge in [-0.15, -0.1) is 0 Å². The summed E-state index contributed by atoms with van der Waals surface area (Å²) in [5, 5.41) is 9.14. The summed E-state index contributed by atoms with van der Waals surface area (Å²) < 4.78 is 24.3. The van der Waals surface area contributed by atoms with Crippen LogP contribution in [0.15, 0.2) is 6.07 Å². The third-order valence-corrected chi connectivity index (χ3v) is 1.50. The average Bonchev–Trinajstić information content (AvgIpc) is 2.08. The Morgan fingerprint density at radius 3 is 2.57 bits per heavy atom. The topological polar surface area (TPSA) is 102 Å². The molecule has 0 saturated carbocycles. The van der Waals surface area contributed by atoms with Gasteiger partial charge in [0, 0.05) is 0 Å². The molecule has 0 aliphatic carbocycles. The fourth-order valence-electron chi connectivity index (χ4n) is 0.862. The number of nitrogen functional groups attached to an aromatic ring is 1. The van der Waals surface area contributed by atoms with E-state index in [9.17, 15) is 13.6 Å². The van der Waals surface area contributed by atoms with E-state index in [-0.39, 0.29) is 5.69 Å². The minimum atomic E-state index is -2.88. The molecule has 1 rings (SSSR count). The Bertz CT molecular complexity index is 381. The largest absolute Gasteiger partial charge is 0.504 e. The van der Waals surface area contributed by atoms with Crippen LogP contribution >= 0.6 is 0 Å². The average molecular weight is 203 g/mol. The maximum absolute atomic E-state index is 12.2. The molecule has 1 aromatic rings. The number of aromatic hydroxyl groups is 1. The lowest BCUT2D eigenvalue weighted by Crippen LogP contribution is -2.15. The summed E-state index contributed by atoms with van der Waals surface area (Å²) >= 11 is 0. The van der Waals surface area contributed by atoms with Crippen molar-refractivity contribution >= 4 is 11.6 Å². The predicted molar refractivity (Wildman–Crippen MR) is 43.8 cm³/mol. The highest BCUT2D eigenvalue weighted by molar-refractivity contribution is 5.95. The fourth-order valence-corrected chi connectivity index (χ4v) is 0.862. The normalized spacial score (nSPS) is 10.5. The van der Waals surface area contributed by atoms with Crippen LogP contribution in [0.1, 0.15) is 22.6 Å². The number of hydrogen-bond acceptors (Lipinski definition) is 4. The van der Waals surface area contributed by atoms with Crippen LogP contribution in [-0.4, -0.2) is 16.0 Å². The van der Waals surface area contributed by atoms with Crippen molar-refractivity contribution in [3.63, 3.8) is 0 Å². The first kappa shape index (κ1) is 10.2. The van der Waals surface area contributed by atoms with Gasteiger partial charge in [-0.2, -0.15) is 0 Å². The lowest BCUT2D eigenvalue weighted by atomic mass is 10.2. The van der Waals surface area contributed by atoms with Crippen molar-refractivity contribution in [1.29, 1.82) is 0 Å². The Hall–Kier alpha value is -1.92. The molecule has 0 saturated heterocycles. The van der Waals surface area contributed by atoms with Gasteiger partial charge in [0.15, 0.2) is 11.4 Å². The zero-order chi connectivity index (χ0) is 10.9. The molecule has 7 heteroatoms. The molecule has 1 amide bonds. The number of rotatable bonds is 2. The molecule has 0 atom stereocenters. The number of anilines is 1.